The fraction of sp³-hybridized carbons (Fsp3) is 0.310. The van der Waals surface area contributed by atoms with Crippen LogP contribution in [0.3, 0.4) is 0 Å². The Morgan fingerprint density at radius 1 is 0.973 bits per heavy atom. The average Bonchev–Trinajstić information content (AvgIpc) is 3.31. The molecular weight excluding hydrogens is 466 g/mol. The topological polar surface area (TPSA) is 89.3 Å². The summed E-state index contributed by atoms with van der Waals surface area (Å²) in [6.45, 7) is 4.89. The largest absolute Gasteiger partial charge is 0.496 e. The Kier molecular flexibility index (Phi) is 8.51. The molecule has 0 saturated carbocycles. The minimum absolute atomic E-state index is 0.0573. The smallest absolute Gasteiger partial charge is 0.247 e. The maximum atomic E-state index is 14.0. The van der Waals surface area contributed by atoms with Gasteiger partial charge in [-0.2, -0.15) is 0 Å². The Labute approximate surface area is 217 Å². The molecule has 1 N–H and O–H groups in total. The molecule has 0 saturated heterocycles. The number of nitrogens with one attached hydrogen (secondary N) is 1. The third kappa shape index (κ3) is 6.33. The molecule has 192 valence electrons. The molecule has 4 aromatic rings. The van der Waals surface area contributed by atoms with Crippen LogP contribution >= 0.6 is 0 Å². The van der Waals surface area contributed by atoms with E-state index >= 15 is 0 Å². The first kappa shape index (κ1) is 25.9. The number of carbonyl (C=O) groups is 2. The van der Waals surface area contributed by atoms with Crippen LogP contribution in [0.25, 0.3) is 11.0 Å². The molecule has 2 amide bonds. The Hall–Kier alpha value is -4.20. The molecule has 8 heteroatoms. The summed E-state index contributed by atoms with van der Waals surface area (Å²) in [5.74, 6) is 0.619. The van der Waals surface area contributed by atoms with E-state index < -0.39 is 6.04 Å². The summed E-state index contributed by atoms with van der Waals surface area (Å²) in [5.41, 5.74) is 3.00. The van der Waals surface area contributed by atoms with Crippen LogP contribution in [-0.2, 0) is 22.7 Å². The first-order valence-corrected chi connectivity index (χ1v) is 12.5. The number of ether oxygens (including phenoxy) is 1. The van der Waals surface area contributed by atoms with E-state index in [0.29, 0.717) is 23.7 Å². The van der Waals surface area contributed by atoms with Crippen LogP contribution in [0.4, 0.5) is 0 Å². The molecule has 0 aliphatic rings. The van der Waals surface area contributed by atoms with Crippen molar-refractivity contribution < 1.29 is 14.3 Å². The molecule has 1 atom stereocenters. The van der Waals surface area contributed by atoms with E-state index in [1.807, 2.05) is 78.9 Å². The van der Waals surface area contributed by atoms with Gasteiger partial charge < -0.3 is 15.0 Å². The second-order valence-electron chi connectivity index (χ2n) is 9.36. The Balaban J connectivity index is 1.72. The molecule has 0 aliphatic heterocycles. The minimum atomic E-state index is -0.833. The van der Waals surface area contributed by atoms with Gasteiger partial charge in [0.25, 0.3) is 0 Å². The lowest BCUT2D eigenvalue weighted by Crippen LogP contribution is -2.45. The highest BCUT2D eigenvalue weighted by atomic mass is 16.5. The van der Waals surface area contributed by atoms with Gasteiger partial charge in [0.2, 0.25) is 11.8 Å². The third-order valence-electron chi connectivity index (χ3n) is 6.26. The van der Waals surface area contributed by atoms with Gasteiger partial charge in [-0.1, -0.05) is 79.7 Å². The number of hydrogen-bond acceptors (Lipinski definition) is 5. The zero-order chi connectivity index (χ0) is 26.2. The SMILES string of the molecule is COc1ccccc1CN(C(=O)Cn1nnc2ccccc21)[C@@H](C(=O)NCCC(C)C)c1ccccc1. The zero-order valence-electron chi connectivity index (χ0n) is 21.5. The molecule has 4 rings (SSSR count). The summed E-state index contributed by atoms with van der Waals surface area (Å²) in [5, 5.41) is 11.4. The second kappa shape index (κ2) is 12.2. The van der Waals surface area contributed by atoms with Gasteiger partial charge in [0.1, 0.15) is 23.9 Å². The van der Waals surface area contributed by atoms with Crippen LogP contribution in [0.1, 0.15) is 37.4 Å². The van der Waals surface area contributed by atoms with Crippen LogP contribution in [0.15, 0.2) is 78.9 Å². The number of carbonyl (C=O) groups excluding carboxylic acids is 2. The van der Waals surface area contributed by atoms with Crippen molar-refractivity contribution in [2.24, 2.45) is 5.92 Å². The Morgan fingerprint density at radius 3 is 2.43 bits per heavy atom. The summed E-state index contributed by atoms with van der Waals surface area (Å²) in [7, 11) is 1.60. The van der Waals surface area contributed by atoms with Crippen LogP contribution in [0.5, 0.6) is 5.75 Å². The Morgan fingerprint density at radius 2 is 1.68 bits per heavy atom. The van der Waals surface area contributed by atoms with Crippen LogP contribution in [0, 0.1) is 5.92 Å². The number of fused-ring (bicyclic) bond motifs is 1. The lowest BCUT2D eigenvalue weighted by atomic mass is 10.0. The molecule has 1 aromatic heterocycles. The molecular formula is C29H33N5O3. The zero-order valence-corrected chi connectivity index (χ0v) is 21.5. The van der Waals surface area contributed by atoms with Gasteiger partial charge in [-0.3, -0.25) is 9.59 Å². The molecule has 0 fully saturated rings. The lowest BCUT2D eigenvalue weighted by Gasteiger charge is -2.32. The molecule has 8 nitrogen and oxygen atoms in total. The van der Waals surface area contributed by atoms with Crippen molar-refractivity contribution in [1.29, 1.82) is 0 Å². The highest BCUT2D eigenvalue weighted by Gasteiger charge is 2.32. The molecule has 1 heterocycles. The van der Waals surface area contributed by atoms with Crippen molar-refractivity contribution >= 4 is 22.8 Å². The van der Waals surface area contributed by atoms with Crippen molar-refractivity contribution in [3.63, 3.8) is 0 Å². The normalized spacial score (nSPS) is 11.9. The summed E-state index contributed by atoms with van der Waals surface area (Å²) < 4.78 is 7.14. The number of aromatic nitrogens is 3. The van der Waals surface area contributed by atoms with Crippen molar-refractivity contribution in [1.82, 2.24) is 25.2 Å². The molecule has 3 aromatic carbocycles. The number of rotatable bonds is 11. The van der Waals surface area contributed by atoms with Crippen LogP contribution < -0.4 is 10.1 Å². The molecule has 0 spiro atoms. The van der Waals surface area contributed by atoms with E-state index in [0.717, 1.165) is 23.1 Å². The number of nitrogens with zero attached hydrogens (tertiary/aromatic N) is 4. The lowest BCUT2D eigenvalue weighted by molar-refractivity contribution is -0.142. The first-order valence-electron chi connectivity index (χ1n) is 12.5. The van der Waals surface area contributed by atoms with Gasteiger partial charge in [0.05, 0.1) is 19.2 Å². The monoisotopic (exact) mass is 499 g/mol. The first-order chi connectivity index (χ1) is 18.0. The van der Waals surface area contributed by atoms with Gasteiger partial charge in [-0.05, 0) is 36.1 Å². The number of benzene rings is 3. The number of hydrogen-bond donors (Lipinski definition) is 1. The van der Waals surface area contributed by atoms with E-state index in [2.05, 4.69) is 29.5 Å². The van der Waals surface area contributed by atoms with Gasteiger partial charge in [0.15, 0.2) is 0 Å². The van der Waals surface area contributed by atoms with E-state index in [9.17, 15) is 9.59 Å². The molecule has 37 heavy (non-hydrogen) atoms. The highest BCUT2D eigenvalue weighted by molar-refractivity contribution is 5.89. The third-order valence-corrected chi connectivity index (χ3v) is 6.26. The summed E-state index contributed by atoms with van der Waals surface area (Å²) >= 11 is 0. The second-order valence-corrected chi connectivity index (χ2v) is 9.36. The fourth-order valence-electron chi connectivity index (χ4n) is 4.28. The van der Waals surface area contributed by atoms with E-state index in [1.54, 1.807) is 16.7 Å². The number of para-hydroxylation sites is 2. The van der Waals surface area contributed by atoms with E-state index in [-0.39, 0.29) is 24.9 Å². The van der Waals surface area contributed by atoms with Crippen LogP contribution in [-0.4, -0.2) is 45.4 Å². The van der Waals surface area contributed by atoms with Gasteiger partial charge >= 0.3 is 0 Å². The minimum Gasteiger partial charge on any atom is -0.496 e. The van der Waals surface area contributed by atoms with Crippen molar-refractivity contribution in [3.05, 3.63) is 90.0 Å². The number of methoxy groups -OCH3 is 1. The van der Waals surface area contributed by atoms with Crippen molar-refractivity contribution in [2.45, 2.75) is 39.4 Å². The van der Waals surface area contributed by atoms with Crippen molar-refractivity contribution in [3.8, 4) is 5.75 Å². The van der Waals surface area contributed by atoms with E-state index in [4.69, 9.17) is 4.74 Å². The maximum absolute atomic E-state index is 14.0. The maximum Gasteiger partial charge on any atom is 0.247 e. The fourth-order valence-corrected chi connectivity index (χ4v) is 4.28. The van der Waals surface area contributed by atoms with Crippen LogP contribution in [0.2, 0.25) is 0 Å². The van der Waals surface area contributed by atoms with Gasteiger partial charge in [-0.25, -0.2) is 4.68 Å². The van der Waals surface area contributed by atoms with E-state index in [1.165, 1.54) is 0 Å². The predicted octanol–water partition coefficient (Wildman–Crippen LogP) is 4.37. The summed E-state index contributed by atoms with van der Waals surface area (Å²) in [4.78, 5) is 29.2. The predicted molar refractivity (Wildman–Crippen MR) is 143 cm³/mol. The quantitative estimate of drug-likeness (QED) is 0.331. The summed E-state index contributed by atoms with van der Waals surface area (Å²) in [6, 6.07) is 23.6. The molecule has 0 radical (unpaired) electrons. The van der Waals surface area contributed by atoms with Gasteiger partial charge in [-0.15, -0.1) is 5.10 Å². The average molecular weight is 500 g/mol. The Bertz CT molecular complexity index is 1340. The molecule has 0 aliphatic carbocycles. The van der Waals surface area contributed by atoms with Gasteiger partial charge in [0, 0.05) is 12.1 Å². The standard InChI is InChI=1S/C29H33N5O3/c1-21(2)17-18-30-29(36)28(22-11-5-4-6-12-22)33(19-23-13-7-10-16-26(23)37-3)27(35)20-34-25-15-9-8-14-24(25)31-32-34/h4-16,21,28H,17-20H2,1-3H3,(H,30,36)/t28-/m1/s1. The van der Waals surface area contributed by atoms with Crippen molar-refractivity contribution in [2.75, 3.05) is 13.7 Å². The number of amides is 2. The summed E-state index contributed by atoms with van der Waals surface area (Å²) in [6.07, 6.45) is 0.846. The molecule has 0 unspecified atom stereocenters. The molecule has 0 bridgehead atoms. The highest BCUT2D eigenvalue weighted by Crippen LogP contribution is 2.28.